The average Bonchev–Trinajstić information content (AvgIpc) is 3.09. The molecule has 4 rings (SSSR count). The Morgan fingerprint density at radius 1 is 1.00 bits per heavy atom. The monoisotopic (exact) mass is 413 g/mol. The van der Waals surface area contributed by atoms with Gasteiger partial charge in [0.05, 0.1) is 23.4 Å². The summed E-state index contributed by atoms with van der Waals surface area (Å²) >= 11 is 0. The summed E-state index contributed by atoms with van der Waals surface area (Å²) in [4.78, 5) is 20.7. The third kappa shape index (κ3) is 3.80. The van der Waals surface area contributed by atoms with E-state index < -0.39 is 17.9 Å². The molecule has 3 aromatic rings. The molecule has 0 saturated carbocycles. The van der Waals surface area contributed by atoms with Gasteiger partial charge in [0.15, 0.2) is 0 Å². The quantitative estimate of drug-likeness (QED) is 0.672. The molecule has 0 radical (unpaired) electrons. The molecule has 0 spiro atoms. The number of fused-ring (bicyclic) bond motifs is 1. The topological polar surface area (TPSA) is 87.5 Å². The smallest absolute Gasteiger partial charge is 0.373 e. The van der Waals surface area contributed by atoms with Gasteiger partial charge >= 0.3 is 6.18 Å². The first-order valence-electron chi connectivity index (χ1n) is 9.16. The molecule has 10 heteroatoms. The van der Waals surface area contributed by atoms with Crippen LogP contribution in [-0.4, -0.2) is 45.9 Å². The van der Waals surface area contributed by atoms with Crippen molar-refractivity contribution in [2.45, 2.75) is 26.1 Å². The van der Waals surface area contributed by atoms with Crippen LogP contribution in [0.3, 0.4) is 0 Å². The summed E-state index contributed by atoms with van der Waals surface area (Å²) < 4.78 is 38.9. The summed E-state index contributed by atoms with van der Waals surface area (Å²) in [7, 11) is 1.78. The third-order valence-corrected chi connectivity index (χ3v) is 4.70. The van der Waals surface area contributed by atoms with Crippen LogP contribution in [0.25, 0.3) is 22.0 Å². The van der Waals surface area contributed by atoms with Crippen LogP contribution in [-0.2, 0) is 0 Å². The molecule has 0 fully saturated rings. The lowest BCUT2D eigenvalue weighted by Crippen LogP contribution is -2.29. The van der Waals surface area contributed by atoms with E-state index in [4.69, 9.17) is 0 Å². The molecule has 1 aliphatic heterocycles. The van der Waals surface area contributed by atoms with Gasteiger partial charge in [-0.1, -0.05) is 0 Å². The molecule has 0 bridgehead atoms. The number of pyridine rings is 3. The van der Waals surface area contributed by atoms with Gasteiger partial charge in [-0.3, -0.25) is 9.97 Å². The lowest BCUT2D eigenvalue weighted by molar-refractivity contribution is -0.0605. The van der Waals surface area contributed by atoms with Gasteiger partial charge in [-0.15, -0.1) is 0 Å². The van der Waals surface area contributed by atoms with Gasteiger partial charge < -0.3 is 10.6 Å². The first-order chi connectivity index (χ1) is 14.2. The molecule has 1 atom stereocenters. The number of guanidine groups is 1. The summed E-state index contributed by atoms with van der Waals surface area (Å²) in [5, 5.41) is 6.65. The lowest BCUT2D eigenvalue weighted by atomic mass is 10.0. The van der Waals surface area contributed by atoms with E-state index in [1.165, 1.54) is 13.1 Å². The molecule has 0 amide bonds. The third-order valence-electron chi connectivity index (χ3n) is 4.70. The van der Waals surface area contributed by atoms with Crippen LogP contribution in [0.4, 0.5) is 24.7 Å². The van der Waals surface area contributed by atoms with Crippen LogP contribution in [0.1, 0.15) is 12.6 Å². The number of aryl methyl sites for hydroxylation is 1. The van der Waals surface area contributed by atoms with E-state index in [2.05, 4.69) is 35.6 Å². The standard InChI is InChI=1S/C20H18F3N7/c1-10-15(12-4-13-8-27-17(24-3)6-16(13)26-7-12)5-14(9-25-10)29-19-28-11(2)18(30-19)20(21,22)23/h4-9,11H,1-3H3,(H,24,27)(H,28,29). The fraction of sp³-hybridized carbons (Fsp3) is 0.250. The van der Waals surface area contributed by atoms with Crippen molar-refractivity contribution in [2.75, 3.05) is 17.7 Å². The highest BCUT2D eigenvalue weighted by Gasteiger charge is 2.42. The molecule has 2 N–H and O–H groups in total. The maximum absolute atomic E-state index is 13.0. The fourth-order valence-corrected chi connectivity index (χ4v) is 3.17. The molecule has 1 unspecified atom stereocenters. The summed E-state index contributed by atoms with van der Waals surface area (Å²) in [6.45, 7) is 3.20. The highest BCUT2D eigenvalue weighted by atomic mass is 19.4. The van der Waals surface area contributed by atoms with Gasteiger partial charge in [-0.25, -0.2) is 15.0 Å². The van der Waals surface area contributed by atoms with E-state index >= 15 is 0 Å². The number of rotatable bonds is 3. The lowest BCUT2D eigenvalue weighted by Gasteiger charge is -2.10. The van der Waals surface area contributed by atoms with Crippen LogP contribution in [0.2, 0.25) is 0 Å². The Bertz CT molecular complexity index is 1180. The second-order valence-corrected chi connectivity index (χ2v) is 6.84. The van der Waals surface area contributed by atoms with Crippen LogP contribution >= 0.6 is 0 Å². The second kappa shape index (κ2) is 7.36. The Hall–Kier alpha value is -3.56. The number of anilines is 2. The van der Waals surface area contributed by atoms with Crippen molar-refractivity contribution in [1.29, 1.82) is 0 Å². The maximum Gasteiger partial charge on any atom is 0.431 e. The van der Waals surface area contributed by atoms with Crippen LogP contribution in [0, 0.1) is 6.92 Å². The van der Waals surface area contributed by atoms with Crippen molar-refractivity contribution >= 4 is 34.1 Å². The average molecular weight is 413 g/mol. The number of aliphatic imine (C=N–C) groups is 2. The first-order valence-corrected chi connectivity index (χ1v) is 9.16. The molecule has 0 aromatic carbocycles. The predicted molar refractivity (Wildman–Crippen MR) is 111 cm³/mol. The van der Waals surface area contributed by atoms with Gasteiger partial charge in [0.25, 0.3) is 0 Å². The molecule has 0 saturated heterocycles. The number of hydrogen-bond donors (Lipinski definition) is 2. The first kappa shape index (κ1) is 19.7. The second-order valence-electron chi connectivity index (χ2n) is 6.84. The minimum Gasteiger partial charge on any atom is -0.373 e. The highest BCUT2D eigenvalue weighted by Crippen LogP contribution is 2.29. The van der Waals surface area contributed by atoms with Crippen molar-refractivity contribution < 1.29 is 13.2 Å². The zero-order valence-corrected chi connectivity index (χ0v) is 16.4. The van der Waals surface area contributed by atoms with Crippen molar-refractivity contribution in [3.05, 3.63) is 42.5 Å². The summed E-state index contributed by atoms with van der Waals surface area (Å²) in [5.41, 5.74) is 2.72. The van der Waals surface area contributed by atoms with Crippen molar-refractivity contribution in [3.8, 4) is 11.1 Å². The van der Waals surface area contributed by atoms with E-state index in [9.17, 15) is 13.2 Å². The zero-order chi connectivity index (χ0) is 21.5. The normalized spacial score (nSPS) is 16.4. The molecular formula is C20H18F3N7. The number of alkyl halides is 3. The predicted octanol–water partition coefficient (Wildman–Crippen LogP) is 4.22. The van der Waals surface area contributed by atoms with E-state index in [0.717, 1.165) is 33.5 Å². The molecule has 4 heterocycles. The summed E-state index contributed by atoms with van der Waals surface area (Å²) in [6, 6.07) is 4.52. The van der Waals surface area contributed by atoms with E-state index in [1.807, 2.05) is 19.1 Å². The van der Waals surface area contributed by atoms with Crippen molar-refractivity contribution in [2.24, 2.45) is 9.98 Å². The Morgan fingerprint density at radius 3 is 2.50 bits per heavy atom. The largest absolute Gasteiger partial charge is 0.431 e. The van der Waals surface area contributed by atoms with Crippen LogP contribution in [0.5, 0.6) is 0 Å². The highest BCUT2D eigenvalue weighted by molar-refractivity contribution is 6.11. The number of nitrogens with one attached hydrogen (secondary N) is 2. The fourth-order valence-electron chi connectivity index (χ4n) is 3.17. The van der Waals surface area contributed by atoms with Gasteiger partial charge in [0.2, 0.25) is 5.96 Å². The van der Waals surface area contributed by atoms with Crippen LogP contribution in [0.15, 0.2) is 46.8 Å². The molecule has 154 valence electrons. The number of hydrogen-bond acceptors (Lipinski definition) is 7. The molecular weight excluding hydrogens is 395 g/mol. The maximum atomic E-state index is 13.0. The Morgan fingerprint density at radius 2 is 1.80 bits per heavy atom. The van der Waals surface area contributed by atoms with Crippen molar-refractivity contribution in [1.82, 2.24) is 15.0 Å². The van der Waals surface area contributed by atoms with Crippen LogP contribution < -0.4 is 10.6 Å². The number of aromatic nitrogens is 3. The number of nitrogens with zero attached hydrogens (tertiary/aromatic N) is 5. The van der Waals surface area contributed by atoms with Gasteiger partial charge in [-0.05, 0) is 26.0 Å². The molecule has 0 aliphatic carbocycles. The summed E-state index contributed by atoms with van der Waals surface area (Å²) in [5.74, 6) is 0.629. The van der Waals surface area contributed by atoms with Gasteiger partial charge in [0, 0.05) is 47.7 Å². The van der Waals surface area contributed by atoms with E-state index in [-0.39, 0.29) is 5.96 Å². The molecule has 3 aromatic heterocycles. The molecule has 1 aliphatic rings. The Balaban J connectivity index is 1.65. The molecule has 7 nitrogen and oxygen atoms in total. The summed E-state index contributed by atoms with van der Waals surface area (Å²) in [6.07, 6.45) is 0.471. The number of halogens is 3. The van der Waals surface area contributed by atoms with E-state index in [1.54, 1.807) is 25.5 Å². The van der Waals surface area contributed by atoms with E-state index in [0.29, 0.717) is 5.69 Å². The van der Waals surface area contributed by atoms with Crippen molar-refractivity contribution in [3.63, 3.8) is 0 Å². The minimum absolute atomic E-state index is 0.0909. The zero-order valence-electron chi connectivity index (χ0n) is 16.4. The Labute approximate surface area is 170 Å². The Kier molecular flexibility index (Phi) is 4.84. The molecule has 30 heavy (non-hydrogen) atoms. The van der Waals surface area contributed by atoms with Gasteiger partial charge in [0.1, 0.15) is 11.5 Å². The SMILES string of the molecule is CNc1cc2ncc(-c3cc(NC4=NC(C)C(C(F)(F)F)=N4)cnc3C)cc2cn1. The minimum atomic E-state index is -4.51. The van der Waals surface area contributed by atoms with Gasteiger partial charge in [-0.2, -0.15) is 13.2 Å².